The smallest absolute Gasteiger partial charge is 0.221 e. The molecule has 0 saturated carbocycles. The second-order valence-electron chi connectivity index (χ2n) is 5.43. The van der Waals surface area contributed by atoms with Crippen LogP contribution >= 0.6 is 0 Å². The molecule has 0 spiro atoms. The summed E-state index contributed by atoms with van der Waals surface area (Å²) in [5.74, 6) is 0.309. The Morgan fingerprint density at radius 1 is 1.30 bits per heavy atom. The van der Waals surface area contributed by atoms with Gasteiger partial charge in [-0.05, 0) is 43.9 Å². The number of benzene rings is 1. The van der Waals surface area contributed by atoms with Crippen molar-refractivity contribution in [1.82, 2.24) is 5.32 Å². The van der Waals surface area contributed by atoms with Crippen molar-refractivity contribution in [2.45, 2.75) is 58.0 Å². The van der Waals surface area contributed by atoms with E-state index in [0.29, 0.717) is 6.42 Å². The number of nitrogens with one attached hydrogen (secondary N) is 1. The minimum atomic E-state index is -0.0377. The molecule has 0 saturated heterocycles. The SMILES string of the molecule is CCCC(N)CC(=O)NC(C)CCc1ccc(O)cc1. The number of hydrogen-bond acceptors (Lipinski definition) is 3. The van der Waals surface area contributed by atoms with Crippen molar-refractivity contribution in [3.63, 3.8) is 0 Å². The number of hydrogen-bond donors (Lipinski definition) is 3. The summed E-state index contributed by atoms with van der Waals surface area (Å²) in [5, 5.41) is 12.2. The highest BCUT2D eigenvalue weighted by Crippen LogP contribution is 2.12. The summed E-state index contributed by atoms with van der Waals surface area (Å²) in [5.41, 5.74) is 7.01. The van der Waals surface area contributed by atoms with Gasteiger partial charge >= 0.3 is 0 Å². The van der Waals surface area contributed by atoms with Crippen LogP contribution in [-0.4, -0.2) is 23.1 Å². The summed E-state index contributed by atoms with van der Waals surface area (Å²) in [6, 6.07) is 7.27. The molecular weight excluding hydrogens is 252 g/mol. The van der Waals surface area contributed by atoms with Crippen molar-refractivity contribution >= 4 is 5.91 Å². The zero-order valence-electron chi connectivity index (χ0n) is 12.4. The van der Waals surface area contributed by atoms with Crippen molar-refractivity contribution in [2.24, 2.45) is 5.73 Å². The number of aryl methyl sites for hydroxylation is 1. The number of phenolic OH excluding ortho intramolecular Hbond substituents is 1. The van der Waals surface area contributed by atoms with Crippen LogP contribution in [0.3, 0.4) is 0 Å². The molecule has 2 atom stereocenters. The molecular formula is C16H26N2O2. The fourth-order valence-electron chi connectivity index (χ4n) is 2.16. The minimum absolute atomic E-state index is 0.0316. The van der Waals surface area contributed by atoms with Gasteiger partial charge < -0.3 is 16.2 Å². The van der Waals surface area contributed by atoms with Gasteiger partial charge in [-0.15, -0.1) is 0 Å². The average Bonchev–Trinajstić information content (AvgIpc) is 2.38. The maximum absolute atomic E-state index is 11.8. The zero-order valence-corrected chi connectivity index (χ0v) is 12.4. The number of rotatable bonds is 8. The second-order valence-corrected chi connectivity index (χ2v) is 5.43. The van der Waals surface area contributed by atoms with Gasteiger partial charge in [0.1, 0.15) is 5.75 Å². The van der Waals surface area contributed by atoms with Gasteiger partial charge in [-0.1, -0.05) is 25.5 Å². The Labute approximate surface area is 121 Å². The van der Waals surface area contributed by atoms with Crippen LogP contribution in [0, 0.1) is 0 Å². The van der Waals surface area contributed by atoms with Crippen LogP contribution in [0.1, 0.15) is 45.1 Å². The Balaban J connectivity index is 2.27. The van der Waals surface area contributed by atoms with Crippen molar-refractivity contribution in [3.05, 3.63) is 29.8 Å². The molecule has 1 amide bonds. The van der Waals surface area contributed by atoms with Crippen molar-refractivity contribution in [1.29, 1.82) is 0 Å². The first kappa shape index (κ1) is 16.5. The monoisotopic (exact) mass is 278 g/mol. The number of carbonyl (C=O) groups excluding carboxylic acids is 1. The number of phenols is 1. The van der Waals surface area contributed by atoms with Gasteiger partial charge in [-0.25, -0.2) is 0 Å². The Bertz CT molecular complexity index is 403. The summed E-state index contributed by atoms with van der Waals surface area (Å²) >= 11 is 0. The number of amides is 1. The molecule has 1 aromatic rings. The molecule has 20 heavy (non-hydrogen) atoms. The lowest BCUT2D eigenvalue weighted by molar-refractivity contribution is -0.122. The van der Waals surface area contributed by atoms with Crippen LogP contribution in [-0.2, 0) is 11.2 Å². The van der Waals surface area contributed by atoms with Crippen LogP contribution in [0.5, 0.6) is 5.75 Å². The van der Waals surface area contributed by atoms with E-state index < -0.39 is 0 Å². The summed E-state index contributed by atoms with van der Waals surface area (Å²) in [6.07, 6.45) is 4.04. The van der Waals surface area contributed by atoms with Crippen molar-refractivity contribution in [2.75, 3.05) is 0 Å². The highest BCUT2D eigenvalue weighted by Gasteiger charge is 2.11. The molecule has 0 aromatic heterocycles. The maximum atomic E-state index is 11.8. The Hall–Kier alpha value is -1.55. The van der Waals surface area contributed by atoms with Gasteiger partial charge in [0.25, 0.3) is 0 Å². The third-order valence-electron chi connectivity index (χ3n) is 3.32. The lowest BCUT2D eigenvalue weighted by atomic mass is 10.1. The molecule has 0 radical (unpaired) electrons. The quantitative estimate of drug-likeness (QED) is 0.683. The van der Waals surface area contributed by atoms with Crippen LogP contribution in [0.25, 0.3) is 0 Å². The molecule has 4 nitrogen and oxygen atoms in total. The van der Waals surface area contributed by atoms with E-state index in [-0.39, 0.29) is 23.7 Å². The Morgan fingerprint density at radius 2 is 1.95 bits per heavy atom. The molecule has 0 fully saturated rings. The van der Waals surface area contributed by atoms with E-state index in [4.69, 9.17) is 5.73 Å². The predicted octanol–water partition coefficient (Wildman–Crippen LogP) is 2.35. The molecule has 0 bridgehead atoms. The van der Waals surface area contributed by atoms with Crippen LogP contribution in [0.15, 0.2) is 24.3 Å². The molecule has 4 heteroatoms. The first-order valence-electron chi connectivity index (χ1n) is 7.34. The van der Waals surface area contributed by atoms with E-state index in [2.05, 4.69) is 12.2 Å². The molecule has 0 heterocycles. The van der Waals surface area contributed by atoms with Gasteiger partial charge in [-0.3, -0.25) is 4.79 Å². The van der Waals surface area contributed by atoms with Crippen LogP contribution in [0.2, 0.25) is 0 Å². The molecule has 0 aliphatic rings. The standard InChI is InChI=1S/C16H26N2O2/c1-3-4-14(17)11-16(20)18-12(2)5-6-13-7-9-15(19)10-8-13/h7-10,12,14,19H,3-6,11,17H2,1-2H3,(H,18,20). The maximum Gasteiger partial charge on any atom is 0.221 e. The predicted molar refractivity (Wildman–Crippen MR) is 81.5 cm³/mol. The molecule has 2 unspecified atom stereocenters. The van der Waals surface area contributed by atoms with Gasteiger partial charge in [0.05, 0.1) is 0 Å². The molecule has 112 valence electrons. The number of carbonyl (C=O) groups is 1. The summed E-state index contributed by atoms with van der Waals surface area (Å²) in [4.78, 5) is 11.8. The molecule has 4 N–H and O–H groups in total. The summed E-state index contributed by atoms with van der Waals surface area (Å²) in [6.45, 7) is 4.07. The van der Waals surface area contributed by atoms with E-state index >= 15 is 0 Å². The summed E-state index contributed by atoms with van der Waals surface area (Å²) in [7, 11) is 0. The first-order chi connectivity index (χ1) is 9.51. The molecule has 0 aliphatic heterocycles. The van der Waals surface area contributed by atoms with E-state index in [1.165, 1.54) is 0 Å². The topological polar surface area (TPSA) is 75.4 Å². The van der Waals surface area contributed by atoms with E-state index in [9.17, 15) is 9.90 Å². The summed E-state index contributed by atoms with van der Waals surface area (Å²) < 4.78 is 0. The highest BCUT2D eigenvalue weighted by atomic mass is 16.3. The van der Waals surface area contributed by atoms with Crippen LogP contribution < -0.4 is 11.1 Å². The van der Waals surface area contributed by atoms with Gasteiger partial charge in [0.15, 0.2) is 0 Å². The van der Waals surface area contributed by atoms with E-state index in [1.54, 1.807) is 12.1 Å². The molecule has 1 aromatic carbocycles. The second kappa shape index (κ2) is 8.59. The number of aromatic hydroxyl groups is 1. The van der Waals surface area contributed by atoms with Crippen LogP contribution in [0.4, 0.5) is 0 Å². The van der Waals surface area contributed by atoms with Gasteiger partial charge in [-0.2, -0.15) is 0 Å². The van der Waals surface area contributed by atoms with Gasteiger partial charge in [0, 0.05) is 18.5 Å². The fourth-order valence-corrected chi connectivity index (χ4v) is 2.16. The lowest BCUT2D eigenvalue weighted by Gasteiger charge is -2.16. The Kier molecular flexibility index (Phi) is 7.09. The number of nitrogens with two attached hydrogens (primary N) is 1. The lowest BCUT2D eigenvalue weighted by Crippen LogP contribution is -2.37. The average molecular weight is 278 g/mol. The minimum Gasteiger partial charge on any atom is -0.508 e. The van der Waals surface area contributed by atoms with Crippen molar-refractivity contribution in [3.8, 4) is 5.75 Å². The first-order valence-corrected chi connectivity index (χ1v) is 7.34. The third-order valence-corrected chi connectivity index (χ3v) is 3.32. The Morgan fingerprint density at radius 3 is 2.55 bits per heavy atom. The van der Waals surface area contributed by atoms with Crippen molar-refractivity contribution < 1.29 is 9.90 Å². The zero-order chi connectivity index (χ0) is 15.0. The normalized spacial score (nSPS) is 13.8. The highest BCUT2D eigenvalue weighted by molar-refractivity contribution is 5.76. The fraction of sp³-hybridized carbons (Fsp3) is 0.562. The third kappa shape index (κ3) is 6.57. The largest absolute Gasteiger partial charge is 0.508 e. The van der Waals surface area contributed by atoms with E-state index in [1.807, 2.05) is 19.1 Å². The molecule has 0 aliphatic carbocycles. The molecule has 1 rings (SSSR count). The van der Waals surface area contributed by atoms with E-state index in [0.717, 1.165) is 31.2 Å². The van der Waals surface area contributed by atoms with Gasteiger partial charge in [0.2, 0.25) is 5.91 Å².